The summed E-state index contributed by atoms with van der Waals surface area (Å²) in [4.78, 5) is 7.00. The van der Waals surface area contributed by atoms with Gasteiger partial charge in [0.05, 0.1) is 6.54 Å². The van der Waals surface area contributed by atoms with Gasteiger partial charge in [0, 0.05) is 19.0 Å². The highest BCUT2D eigenvalue weighted by molar-refractivity contribution is 5.02. The minimum atomic E-state index is 0.531. The average Bonchev–Trinajstić information content (AvgIpc) is 2.81. The van der Waals surface area contributed by atoms with E-state index in [1.54, 1.807) is 0 Å². The van der Waals surface area contributed by atoms with Crippen molar-refractivity contribution >= 4 is 0 Å². The highest BCUT2D eigenvalue weighted by atomic mass is 16.5. The van der Waals surface area contributed by atoms with Crippen molar-refractivity contribution in [3.63, 3.8) is 0 Å². The molecule has 98 valence electrons. The van der Waals surface area contributed by atoms with Crippen LogP contribution in [-0.2, 0) is 6.54 Å². The van der Waals surface area contributed by atoms with E-state index >= 15 is 0 Å². The summed E-state index contributed by atoms with van der Waals surface area (Å²) in [6, 6.07) is 0. The third-order valence-corrected chi connectivity index (χ3v) is 4.62. The Kier molecular flexibility index (Phi) is 2.45. The highest BCUT2D eigenvalue weighted by Crippen LogP contribution is 2.39. The maximum Gasteiger partial charge on any atom is 0.229 e. The molecule has 1 saturated carbocycles. The Labute approximate surface area is 107 Å². The summed E-state index contributed by atoms with van der Waals surface area (Å²) < 4.78 is 5.32. The van der Waals surface area contributed by atoms with E-state index in [-0.39, 0.29) is 0 Å². The minimum Gasteiger partial charge on any atom is -0.339 e. The molecule has 5 nitrogen and oxygen atoms in total. The molecule has 1 aromatic rings. The van der Waals surface area contributed by atoms with Crippen molar-refractivity contribution < 1.29 is 4.52 Å². The molecule has 1 aromatic heterocycles. The first-order chi connectivity index (χ1) is 8.83. The fraction of sp³-hybridized carbons (Fsp3) is 0.846. The van der Waals surface area contributed by atoms with Crippen molar-refractivity contribution in [3.05, 3.63) is 11.7 Å². The quantitative estimate of drug-likeness (QED) is 0.869. The zero-order valence-electron chi connectivity index (χ0n) is 10.7. The van der Waals surface area contributed by atoms with Gasteiger partial charge in [-0.2, -0.15) is 4.98 Å². The number of likely N-dealkylation sites (tertiary alicyclic amines) is 1. The van der Waals surface area contributed by atoms with Crippen LogP contribution in [0.5, 0.6) is 0 Å². The lowest BCUT2D eigenvalue weighted by Crippen LogP contribution is -2.29. The van der Waals surface area contributed by atoms with Crippen LogP contribution in [0.1, 0.15) is 43.3 Å². The first-order valence-corrected chi connectivity index (χ1v) is 7.09. The molecule has 2 aliphatic heterocycles. The highest BCUT2D eigenvalue weighted by Gasteiger charge is 2.40. The van der Waals surface area contributed by atoms with Crippen LogP contribution in [0.15, 0.2) is 4.52 Å². The molecule has 1 spiro atoms. The van der Waals surface area contributed by atoms with E-state index in [1.807, 2.05) is 0 Å². The molecule has 3 fully saturated rings. The second kappa shape index (κ2) is 4.03. The Morgan fingerprint density at radius 2 is 2.33 bits per heavy atom. The predicted octanol–water partition coefficient (Wildman–Crippen LogP) is 1.13. The standard InChI is InChI=1S/C13H20N4O/c1-2-10(1)12-15-11(16-18-12)7-17-6-4-13(9-17)3-5-14-8-13/h10,14H,1-9H2. The van der Waals surface area contributed by atoms with Gasteiger partial charge >= 0.3 is 0 Å². The average molecular weight is 248 g/mol. The van der Waals surface area contributed by atoms with Crippen molar-refractivity contribution in [2.75, 3.05) is 26.2 Å². The Bertz CT molecular complexity index is 434. The van der Waals surface area contributed by atoms with Crippen LogP contribution >= 0.6 is 0 Å². The number of hydrogen-bond acceptors (Lipinski definition) is 5. The summed E-state index contributed by atoms with van der Waals surface area (Å²) in [5.74, 6) is 2.30. The molecule has 5 heteroatoms. The minimum absolute atomic E-state index is 0.531. The molecule has 18 heavy (non-hydrogen) atoms. The normalized spacial score (nSPS) is 32.7. The van der Waals surface area contributed by atoms with Crippen molar-refractivity contribution in [3.8, 4) is 0 Å². The maximum atomic E-state index is 5.32. The Morgan fingerprint density at radius 1 is 1.39 bits per heavy atom. The van der Waals surface area contributed by atoms with E-state index in [2.05, 4.69) is 20.4 Å². The van der Waals surface area contributed by atoms with E-state index in [4.69, 9.17) is 4.52 Å². The third kappa shape index (κ3) is 1.95. The van der Waals surface area contributed by atoms with Gasteiger partial charge < -0.3 is 9.84 Å². The molecule has 1 unspecified atom stereocenters. The molecule has 3 aliphatic rings. The van der Waals surface area contributed by atoms with E-state index < -0.39 is 0 Å². The molecule has 0 bridgehead atoms. The molecule has 1 atom stereocenters. The van der Waals surface area contributed by atoms with Gasteiger partial charge in [-0.05, 0) is 44.2 Å². The summed E-state index contributed by atoms with van der Waals surface area (Å²) in [5, 5.41) is 7.60. The lowest BCUT2D eigenvalue weighted by molar-refractivity contribution is 0.260. The van der Waals surface area contributed by atoms with E-state index in [1.165, 1.54) is 51.9 Å². The van der Waals surface area contributed by atoms with Crippen LogP contribution in [0, 0.1) is 5.41 Å². The van der Waals surface area contributed by atoms with Crippen LogP contribution in [0.4, 0.5) is 0 Å². The Morgan fingerprint density at radius 3 is 3.11 bits per heavy atom. The van der Waals surface area contributed by atoms with Gasteiger partial charge in [0.15, 0.2) is 5.82 Å². The number of aromatic nitrogens is 2. The Hall–Kier alpha value is -0.940. The zero-order valence-corrected chi connectivity index (χ0v) is 10.7. The van der Waals surface area contributed by atoms with Crippen molar-refractivity contribution in [1.29, 1.82) is 0 Å². The first kappa shape index (κ1) is 10.9. The molecular formula is C13H20N4O. The van der Waals surface area contributed by atoms with E-state index in [0.717, 1.165) is 18.3 Å². The van der Waals surface area contributed by atoms with Gasteiger partial charge in [0.2, 0.25) is 5.89 Å². The van der Waals surface area contributed by atoms with E-state index in [9.17, 15) is 0 Å². The fourth-order valence-electron chi connectivity index (χ4n) is 3.33. The van der Waals surface area contributed by atoms with Crippen LogP contribution in [0.3, 0.4) is 0 Å². The maximum absolute atomic E-state index is 5.32. The number of nitrogens with one attached hydrogen (secondary N) is 1. The summed E-state index contributed by atoms with van der Waals surface area (Å²) in [5.41, 5.74) is 0.531. The molecule has 0 aromatic carbocycles. The second-order valence-electron chi connectivity index (χ2n) is 6.21. The summed E-state index contributed by atoms with van der Waals surface area (Å²) in [7, 11) is 0. The first-order valence-electron chi connectivity index (χ1n) is 7.09. The van der Waals surface area contributed by atoms with Gasteiger partial charge in [-0.3, -0.25) is 4.90 Å². The molecule has 1 aliphatic carbocycles. The van der Waals surface area contributed by atoms with Crippen LogP contribution in [0.25, 0.3) is 0 Å². The lowest BCUT2D eigenvalue weighted by atomic mass is 9.87. The van der Waals surface area contributed by atoms with Crippen molar-refractivity contribution in [2.45, 2.75) is 38.1 Å². The lowest BCUT2D eigenvalue weighted by Gasteiger charge is -2.21. The summed E-state index contributed by atoms with van der Waals surface area (Å²) >= 11 is 0. The fourth-order valence-corrected chi connectivity index (χ4v) is 3.33. The molecule has 3 heterocycles. The van der Waals surface area contributed by atoms with Gasteiger partial charge in [-0.25, -0.2) is 0 Å². The zero-order chi connectivity index (χ0) is 12.0. The van der Waals surface area contributed by atoms with Crippen LogP contribution < -0.4 is 5.32 Å². The van der Waals surface area contributed by atoms with E-state index in [0.29, 0.717) is 11.3 Å². The van der Waals surface area contributed by atoms with Crippen LogP contribution in [-0.4, -0.2) is 41.2 Å². The predicted molar refractivity (Wildman–Crippen MR) is 66.1 cm³/mol. The largest absolute Gasteiger partial charge is 0.339 e. The third-order valence-electron chi connectivity index (χ3n) is 4.62. The topological polar surface area (TPSA) is 54.2 Å². The Balaban J connectivity index is 1.39. The van der Waals surface area contributed by atoms with Gasteiger partial charge in [-0.1, -0.05) is 5.16 Å². The van der Waals surface area contributed by atoms with Crippen molar-refractivity contribution in [1.82, 2.24) is 20.4 Å². The molecule has 2 saturated heterocycles. The van der Waals surface area contributed by atoms with Crippen molar-refractivity contribution in [2.24, 2.45) is 5.41 Å². The molecule has 1 N–H and O–H groups in total. The summed E-state index contributed by atoms with van der Waals surface area (Å²) in [6.45, 7) is 5.59. The summed E-state index contributed by atoms with van der Waals surface area (Å²) in [6.07, 6.45) is 5.08. The SMILES string of the molecule is C1CC2(CCN(Cc3noc(C4CC4)n3)C2)CN1. The molecular weight excluding hydrogens is 228 g/mol. The molecule has 4 rings (SSSR count). The number of hydrogen-bond donors (Lipinski definition) is 1. The van der Waals surface area contributed by atoms with Gasteiger partial charge in [0.25, 0.3) is 0 Å². The molecule has 0 amide bonds. The second-order valence-corrected chi connectivity index (χ2v) is 6.21. The monoisotopic (exact) mass is 248 g/mol. The van der Waals surface area contributed by atoms with Gasteiger partial charge in [0.1, 0.15) is 0 Å². The molecule has 0 radical (unpaired) electrons. The smallest absolute Gasteiger partial charge is 0.229 e. The van der Waals surface area contributed by atoms with Crippen LogP contribution in [0.2, 0.25) is 0 Å². The number of nitrogens with zero attached hydrogens (tertiary/aromatic N) is 3. The number of rotatable bonds is 3. The van der Waals surface area contributed by atoms with Gasteiger partial charge in [-0.15, -0.1) is 0 Å².